The zero-order chi connectivity index (χ0) is 32.2. The molecule has 3 amide bonds. The van der Waals surface area contributed by atoms with Crippen molar-refractivity contribution in [2.75, 3.05) is 5.32 Å². The zero-order valence-corrected chi connectivity index (χ0v) is 22.7. The molecule has 3 aromatic carbocycles. The predicted octanol–water partition coefficient (Wildman–Crippen LogP) is 5.28. The summed E-state index contributed by atoms with van der Waals surface area (Å²) in [6, 6.07) is 12.4. The van der Waals surface area contributed by atoms with Gasteiger partial charge in [-0.15, -0.1) is 0 Å². The van der Waals surface area contributed by atoms with Crippen LogP contribution in [0.5, 0.6) is 0 Å². The van der Waals surface area contributed by atoms with E-state index in [1.54, 1.807) is 30.3 Å². The molecule has 1 aliphatic rings. The average molecular weight is 622 g/mol. The second-order valence-electron chi connectivity index (χ2n) is 10.1. The van der Waals surface area contributed by atoms with Gasteiger partial charge in [0.1, 0.15) is 12.1 Å². The fourth-order valence-corrected chi connectivity index (χ4v) is 4.77. The Morgan fingerprint density at radius 2 is 1.55 bits per heavy atom. The molecule has 0 spiro atoms. The largest absolute Gasteiger partial charge is 0.480 e. The Kier molecular flexibility index (Phi) is 9.30. The molecule has 1 fully saturated rings. The molecule has 0 saturated carbocycles. The number of carboxylic acid groups (broad SMARTS) is 1. The highest BCUT2D eigenvalue weighted by Crippen LogP contribution is 2.37. The fourth-order valence-electron chi connectivity index (χ4n) is 4.77. The molecular formula is C30H25F6N3O5. The van der Waals surface area contributed by atoms with Crippen LogP contribution in [0.3, 0.4) is 0 Å². The summed E-state index contributed by atoms with van der Waals surface area (Å²) in [5, 5.41) is 14.3. The topological polar surface area (TPSA) is 116 Å². The number of alkyl halides is 6. The second-order valence-corrected chi connectivity index (χ2v) is 10.1. The Balaban J connectivity index is 1.44. The van der Waals surface area contributed by atoms with Crippen molar-refractivity contribution in [3.8, 4) is 0 Å². The molecule has 8 nitrogen and oxygen atoms in total. The van der Waals surface area contributed by atoms with E-state index in [1.807, 2.05) is 0 Å². The molecule has 3 N–H and O–H groups in total. The van der Waals surface area contributed by atoms with Crippen LogP contribution in [0.1, 0.15) is 45.5 Å². The normalized spacial score (nSPS) is 16.0. The first-order valence-electron chi connectivity index (χ1n) is 13.2. The van der Waals surface area contributed by atoms with Crippen molar-refractivity contribution in [3.63, 3.8) is 0 Å². The monoisotopic (exact) mass is 621 g/mol. The molecule has 1 heterocycles. The summed E-state index contributed by atoms with van der Waals surface area (Å²) in [4.78, 5) is 51.4. The first kappa shape index (κ1) is 32.0. The molecule has 1 unspecified atom stereocenters. The van der Waals surface area contributed by atoms with Crippen molar-refractivity contribution >= 4 is 29.4 Å². The van der Waals surface area contributed by atoms with Gasteiger partial charge < -0.3 is 20.6 Å². The van der Waals surface area contributed by atoms with Crippen LogP contribution >= 0.6 is 0 Å². The number of carboxylic acids is 1. The first-order valence-corrected chi connectivity index (χ1v) is 13.2. The number of hydrogen-bond acceptors (Lipinski definition) is 4. The Bertz CT molecular complexity index is 1540. The number of amides is 3. The maximum absolute atomic E-state index is 13.4. The standard InChI is InChI=1S/C30H25F6N3O5/c31-29(32,33)19-8-11-22(30(34,35)36)21(15-19)26(41)37-20-9-6-17(7-10-20)14-23(28(43)44)38-27(42)24-12-13-25(40)39(24)16-18-4-2-1-3-5-18/h1-11,15,23-24H,12-14,16H2,(H,37,41)(H,38,42)(H,43,44)/t23-,24?/m0/s1. The van der Waals surface area contributed by atoms with Gasteiger partial charge in [0.2, 0.25) is 11.8 Å². The van der Waals surface area contributed by atoms with Gasteiger partial charge in [0.15, 0.2) is 0 Å². The van der Waals surface area contributed by atoms with Gasteiger partial charge in [0.05, 0.1) is 16.7 Å². The number of halogens is 6. The van der Waals surface area contributed by atoms with Crippen LogP contribution in [0.4, 0.5) is 32.0 Å². The smallest absolute Gasteiger partial charge is 0.417 e. The van der Waals surface area contributed by atoms with Gasteiger partial charge in [0, 0.05) is 25.1 Å². The number of nitrogens with zero attached hydrogens (tertiary/aromatic N) is 1. The van der Waals surface area contributed by atoms with Crippen molar-refractivity contribution in [2.24, 2.45) is 0 Å². The first-order chi connectivity index (χ1) is 20.6. The number of anilines is 1. The molecule has 0 aliphatic carbocycles. The lowest BCUT2D eigenvalue weighted by Crippen LogP contribution is -2.50. The predicted molar refractivity (Wildman–Crippen MR) is 144 cm³/mol. The summed E-state index contributed by atoms with van der Waals surface area (Å²) < 4.78 is 79.4. The molecule has 4 rings (SSSR count). The van der Waals surface area contributed by atoms with E-state index in [9.17, 15) is 50.6 Å². The highest BCUT2D eigenvalue weighted by Gasteiger charge is 2.39. The molecule has 3 aromatic rings. The van der Waals surface area contributed by atoms with E-state index >= 15 is 0 Å². The Labute approximate surface area is 246 Å². The van der Waals surface area contributed by atoms with Crippen molar-refractivity contribution in [1.29, 1.82) is 0 Å². The fraction of sp³-hybridized carbons (Fsp3) is 0.267. The summed E-state index contributed by atoms with van der Waals surface area (Å²) in [6.45, 7) is 0.174. The molecule has 14 heteroatoms. The third-order valence-electron chi connectivity index (χ3n) is 6.99. The van der Waals surface area contributed by atoms with Gasteiger partial charge in [-0.25, -0.2) is 4.79 Å². The van der Waals surface area contributed by atoms with Crippen LogP contribution in [-0.2, 0) is 39.7 Å². The average Bonchev–Trinajstić information content (AvgIpc) is 3.32. The summed E-state index contributed by atoms with van der Waals surface area (Å²) >= 11 is 0. The van der Waals surface area contributed by atoms with Crippen LogP contribution in [0.2, 0.25) is 0 Å². The number of carbonyl (C=O) groups is 4. The zero-order valence-electron chi connectivity index (χ0n) is 22.7. The minimum absolute atomic E-state index is 0.0683. The molecule has 44 heavy (non-hydrogen) atoms. The van der Waals surface area contributed by atoms with Gasteiger partial charge in [-0.05, 0) is 47.9 Å². The number of carbonyl (C=O) groups excluding carboxylic acids is 3. The second kappa shape index (κ2) is 12.8. The van der Waals surface area contributed by atoms with E-state index in [-0.39, 0.29) is 55.6 Å². The SMILES string of the molecule is O=C(Nc1ccc(C[C@H](NC(=O)C2CCC(=O)N2Cc2ccccc2)C(=O)O)cc1)c1cc(C(F)(F)F)ccc1C(F)(F)F. The molecule has 1 saturated heterocycles. The van der Waals surface area contributed by atoms with Gasteiger partial charge in [0.25, 0.3) is 5.91 Å². The quantitative estimate of drug-likeness (QED) is 0.282. The Morgan fingerprint density at radius 3 is 2.14 bits per heavy atom. The molecule has 0 aromatic heterocycles. The van der Waals surface area contributed by atoms with Gasteiger partial charge in [-0.2, -0.15) is 26.3 Å². The van der Waals surface area contributed by atoms with E-state index in [4.69, 9.17) is 0 Å². The van der Waals surface area contributed by atoms with E-state index in [2.05, 4.69) is 10.6 Å². The van der Waals surface area contributed by atoms with Crippen molar-refractivity contribution in [2.45, 2.75) is 50.2 Å². The lowest BCUT2D eigenvalue weighted by Gasteiger charge is -2.26. The number of aliphatic carboxylic acids is 1. The highest BCUT2D eigenvalue weighted by molar-refractivity contribution is 6.05. The number of benzene rings is 3. The molecular weight excluding hydrogens is 596 g/mol. The molecule has 0 radical (unpaired) electrons. The van der Waals surface area contributed by atoms with Gasteiger partial charge >= 0.3 is 18.3 Å². The minimum atomic E-state index is -5.10. The van der Waals surface area contributed by atoms with Crippen LogP contribution in [0, 0.1) is 0 Å². The van der Waals surface area contributed by atoms with Gasteiger partial charge in [-0.3, -0.25) is 14.4 Å². The number of likely N-dealkylation sites (tertiary alicyclic amines) is 1. The third-order valence-corrected chi connectivity index (χ3v) is 6.99. The van der Waals surface area contributed by atoms with Crippen molar-refractivity contribution < 1.29 is 50.6 Å². The molecule has 0 bridgehead atoms. The molecule has 1 aliphatic heterocycles. The van der Waals surface area contributed by atoms with Crippen LogP contribution in [-0.4, -0.2) is 45.8 Å². The minimum Gasteiger partial charge on any atom is -0.480 e. The molecule has 2 atom stereocenters. The van der Waals surface area contributed by atoms with Crippen molar-refractivity contribution in [1.82, 2.24) is 10.2 Å². The van der Waals surface area contributed by atoms with E-state index in [0.29, 0.717) is 5.56 Å². The van der Waals surface area contributed by atoms with Gasteiger partial charge in [-0.1, -0.05) is 42.5 Å². The maximum atomic E-state index is 13.4. The van der Waals surface area contributed by atoms with Crippen LogP contribution in [0.15, 0.2) is 72.8 Å². The number of rotatable bonds is 9. The lowest BCUT2D eigenvalue weighted by atomic mass is 10.0. The molecule has 232 valence electrons. The Hall–Kier alpha value is -4.88. The Morgan fingerprint density at radius 1 is 0.886 bits per heavy atom. The lowest BCUT2D eigenvalue weighted by molar-refractivity contribution is -0.143. The summed E-state index contributed by atoms with van der Waals surface area (Å²) in [5.41, 5.74) is -3.12. The number of nitrogens with one attached hydrogen (secondary N) is 2. The van der Waals surface area contributed by atoms with Crippen LogP contribution in [0.25, 0.3) is 0 Å². The van der Waals surface area contributed by atoms with E-state index in [1.165, 1.54) is 29.2 Å². The van der Waals surface area contributed by atoms with E-state index in [0.717, 1.165) is 5.56 Å². The maximum Gasteiger partial charge on any atom is 0.417 e. The van der Waals surface area contributed by atoms with Crippen LogP contribution < -0.4 is 10.6 Å². The summed E-state index contributed by atoms with van der Waals surface area (Å²) in [6.07, 6.45) is -9.97. The summed E-state index contributed by atoms with van der Waals surface area (Å²) in [7, 11) is 0. The summed E-state index contributed by atoms with van der Waals surface area (Å²) in [5.74, 6) is -3.69. The van der Waals surface area contributed by atoms with Crippen molar-refractivity contribution in [3.05, 3.63) is 101 Å². The van der Waals surface area contributed by atoms with E-state index < -0.39 is 58.9 Å². The number of hydrogen-bond donors (Lipinski definition) is 3. The third kappa shape index (κ3) is 7.74. The highest BCUT2D eigenvalue weighted by atomic mass is 19.4.